The van der Waals surface area contributed by atoms with Crippen molar-refractivity contribution in [1.29, 1.82) is 5.41 Å². The van der Waals surface area contributed by atoms with E-state index >= 15 is 0 Å². The fraction of sp³-hybridized carbons (Fsp3) is 0.474. The minimum absolute atomic E-state index is 0.0797. The quantitative estimate of drug-likeness (QED) is 0.440. The minimum Gasteiger partial charge on any atom is -0.393 e. The summed E-state index contributed by atoms with van der Waals surface area (Å²) >= 11 is 0. The number of nitrogens with one attached hydrogen (secondary N) is 4. The van der Waals surface area contributed by atoms with E-state index < -0.39 is 11.9 Å². The number of pyridine rings is 1. The number of hydrogen-bond donors (Lipinski definition) is 5. The predicted molar refractivity (Wildman–Crippen MR) is 106 cm³/mol. The number of aromatic nitrogens is 1. The molecule has 0 bridgehead atoms. The minimum atomic E-state index is -0.629. The maximum atomic E-state index is 12.7. The number of hydrogen-bond acceptors (Lipinski definition) is 6. The van der Waals surface area contributed by atoms with Gasteiger partial charge in [0.15, 0.2) is 0 Å². The number of allylic oxidation sites excluding steroid dienone is 1. The molecule has 146 valence electrons. The van der Waals surface area contributed by atoms with Gasteiger partial charge >= 0.3 is 0 Å². The number of carbonyl (C=O) groups is 2. The first-order valence-electron chi connectivity index (χ1n) is 9.25. The van der Waals surface area contributed by atoms with Gasteiger partial charge in [0.1, 0.15) is 11.9 Å². The lowest BCUT2D eigenvalue weighted by atomic mass is 10.1. The molecule has 6 N–H and O–H groups in total. The first-order valence-corrected chi connectivity index (χ1v) is 9.25. The topological polar surface area (TPSA) is 133 Å². The third-order valence-electron chi connectivity index (χ3n) is 4.68. The molecule has 1 saturated carbocycles. The summed E-state index contributed by atoms with van der Waals surface area (Å²) in [5.74, 6) is -0.546. The maximum Gasteiger partial charge on any atom is 0.255 e. The molecule has 1 fully saturated rings. The van der Waals surface area contributed by atoms with Gasteiger partial charge in [-0.1, -0.05) is 19.8 Å². The lowest BCUT2D eigenvalue weighted by Gasteiger charge is -2.20. The van der Waals surface area contributed by atoms with E-state index in [-0.39, 0.29) is 23.3 Å². The summed E-state index contributed by atoms with van der Waals surface area (Å²) in [6.45, 7) is 1.85. The Hall–Kier alpha value is -2.90. The zero-order valence-corrected chi connectivity index (χ0v) is 15.8. The zero-order valence-electron chi connectivity index (χ0n) is 15.8. The van der Waals surface area contributed by atoms with Crippen molar-refractivity contribution in [3.05, 3.63) is 29.6 Å². The van der Waals surface area contributed by atoms with Gasteiger partial charge in [-0.15, -0.1) is 0 Å². The van der Waals surface area contributed by atoms with Crippen LogP contribution >= 0.6 is 0 Å². The number of amides is 2. The Balaban J connectivity index is 2.14. The Morgan fingerprint density at radius 3 is 2.70 bits per heavy atom. The average molecular weight is 372 g/mol. The van der Waals surface area contributed by atoms with Gasteiger partial charge in [0.2, 0.25) is 5.91 Å². The van der Waals surface area contributed by atoms with E-state index in [4.69, 9.17) is 11.1 Å². The van der Waals surface area contributed by atoms with Crippen LogP contribution in [0.15, 0.2) is 18.5 Å². The fourth-order valence-electron chi connectivity index (χ4n) is 3.14. The smallest absolute Gasteiger partial charge is 0.255 e. The monoisotopic (exact) mass is 372 g/mol. The van der Waals surface area contributed by atoms with E-state index in [9.17, 15) is 9.59 Å². The van der Waals surface area contributed by atoms with Crippen LogP contribution in [-0.2, 0) is 4.79 Å². The molecule has 1 aliphatic rings. The lowest BCUT2D eigenvalue weighted by Crippen LogP contribution is -2.48. The van der Waals surface area contributed by atoms with Crippen LogP contribution in [0.2, 0.25) is 0 Å². The molecule has 0 aliphatic heterocycles. The van der Waals surface area contributed by atoms with Crippen molar-refractivity contribution in [2.45, 2.75) is 51.1 Å². The Labute approximate surface area is 159 Å². The highest BCUT2D eigenvalue weighted by Crippen LogP contribution is 2.19. The van der Waals surface area contributed by atoms with Crippen LogP contribution in [0.1, 0.15) is 54.9 Å². The van der Waals surface area contributed by atoms with Crippen LogP contribution in [-0.4, -0.2) is 42.1 Å². The van der Waals surface area contributed by atoms with E-state index in [1.807, 2.05) is 6.92 Å². The van der Waals surface area contributed by atoms with Crippen LogP contribution in [0.25, 0.3) is 5.57 Å². The van der Waals surface area contributed by atoms with Crippen molar-refractivity contribution in [1.82, 2.24) is 20.9 Å². The Bertz CT molecular complexity index is 725. The van der Waals surface area contributed by atoms with Gasteiger partial charge in [-0.2, -0.15) is 0 Å². The zero-order chi connectivity index (χ0) is 19.8. The normalized spacial score (nSPS) is 15.9. The molecule has 2 rings (SSSR count). The molecule has 0 aromatic carbocycles. The van der Waals surface area contributed by atoms with Crippen molar-refractivity contribution in [3.8, 4) is 0 Å². The van der Waals surface area contributed by atoms with Gasteiger partial charge < -0.3 is 27.1 Å². The number of nitrogen functional groups attached to an aromatic ring is 1. The van der Waals surface area contributed by atoms with Gasteiger partial charge in [-0.25, -0.2) is 4.98 Å². The molecule has 1 aromatic rings. The Morgan fingerprint density at radius 1 is 1.41 bits per heavy atom. The van der Waals surface area contributed by atoms with E-state index in [1.165, 1.54) is 6.20 Å². The molecule has 1 aliphatic carbocycles. The van der Waals surface area contributed by atoms with E-state index in [0.717, 1.165) is 31.9 Å². The van der Waals surface area contributed by atoms with Crippen LogP contribution in [0.3, 0.4) is 0 Å². The number of rotatable bonds is 8. The highest BCUT2D eigenvalue weighted by molar-refractivity contribution is 6.09. The van der Waals surface area contributed by atoms with Crippen molar-refractivity contribution >= 4 is 29.4 Å². The first kappa shape index (κ1) is 20.4. The average Bonchev–Trinajstić information content (AvgIpc) is 3.17. The summed E-state index contributed by atoms with van der Waals surface area (Å²) in [6, 6.07) is 1.14. The summed E-state index contributed by atoms with van der Waals surface area (Å²) in [4.78, 5) is 29.2. The van der Waals surface area contributed by atoms with Crippen LogP contribution in [0.5, 0.6) is 0 Å². The van der Waals surface area contributed by atoms with Crippen LogP contribution < -0.4 is 21.7 Å². The molecular formula is C19H28N6O2. The number of nitrogens with two attached hydrogens (primary N) is 1. The summed E-state index contributed by atoms with van der Waals surface area (Å²) in [5, 5.41) is 16.1. The summed E-state index contributed by atoms with van der Waals surface area (Å²) in [6.07, 6.45) is 8.99. The second kappa shape index (κ2) is 9.70. The third kappa shape index (κ3) is 5.29. The van der Waals surface area contributed by atoms with E-state index in [2.05, 4.69) is 20.9 Å². The van der Waals surface area contributed by atoms with Crippen molar-refractivity contribution in [2.24, 2.45) is 0 Å². The van der Waals surface area contributed by atoms with Crippen LogP contribution in [0, 0.1) is 5.41 Å². The third-order valence-corrected chi connectivity index (χ3v) is 4.68. The Kier molecular flexibility index (Phi) is 7.34. The highest BCUT2D eigenvalue weighted by atomic mass is 16.2. The molecule has 0 radical (unpaired) electrons. The second-order valence-corrected chi connectivity index (χ2v) is 6.61. The molecule has 27 heavy (non-hydrogen) atoms. The maximum absolute atomic E-state index is 12.7. The van der Waals surface area contributed by atoms with Gasteiger partial charge in [0, 0.05) is 42.8 Å². The highest BCUT2D eigenvalue weighted by Gasteiger charge is 2.25. The summed E-state index contributed by atoms with van der Waals surface area (Å²) in [7, 11) is 1.72. The summed E-state index contributed by atoms with van der Waals surface area (Å²) in [5.41, 5.74) is 7.20. The molecule has 0 spiro atoms. The van der Waals surface area contributed by atoms with Gasteiger partial charge in [-0.05, 0) is 25.3 Å². The number of nitrogens with zero attached hydrogens (tertiary/aromatic N) is 1. The lowest BCUT2D eigenvalue weighted by molar-refractivity contribution is -0.123. The molecule has 1 atom stereocenters. The van der Waals surface area contributed by atoms with E-state index in [1.54, 1.807) is 19.3 Å². The first-order chi connectivity index (χ1) is 13.0. The largest absolute Gasteiger partial charge is 0.393 e. The molecule has 8 nitrogen and oxygen atoms in total. The SMILES string of the molecule is CCC(NC(=O)c1cc(/C(C=N)=C/NC)cnc1N)C(=O)NC1CCCC1. The van der Waals surface area contributed by atoms with Gasteiger partial charge in [0.05, 0.1) is 5.56 Å². The predicted octanol–water partition coefficient (Wildman–Crippen LogP) is 1.44. The molecule has 0 saturated heterocycles. The molecular weight excluding hydrogens is 344 g/mol. The summed E-state index contributed by atoms with van der Waals surface area (Å²) < 4.78 is 0. The molecule has 2 amide bonds. The standard InChI is InChI=1S/C19H28N6O2/c1-3-16(19(27)24-14-6-4-5-7-14)25-18(26)15-8-12(11-23-17(15)21)13(9-20)10-22-2/h8-11,14,16,20,22H,3-7H2,1-2H3,(H2,21,23)(H,24,27)(H,25,26)/b13-10+,20-9?. The molecule has 8 heteroatoms. The molecule has 1 unspecified atom stereocenters. The van der Waals surface area contributed by atoms with Crippen molar-refractivity contribution in [3.63, 3.8) is 0 Å². The fourth-order valence-corrected chi connectivity index (χ4v) is 3.14. The Morgan fingerprint density at radius 2 is 2.11 bits per heavy atom. The van der Waals surface area contributed by atoms with Gasteiger partial charge in [-0.3, -0.25) is 9.59 Å². The second-order valence-electron chi connectivity index (χ2n) is 6.61. The van der Waals surface area contributed by atoms with E-state index in [0.29, 0.717) is 17.6 Å². The van der Waals surface area contributed by atoms with Crippen molar-refractivity contribution < 1.29 is 9.59 Å². The molecule has 1 heterocycles. The van der Waals surface area contributed by atoms with Crippen LogP contribution in [0.4, 0.5) is 5.82 Å². The number of carbonyl (C=O) groups excluding carboxylic acids is 2. The van der Waals surface area contributed by atoms with Crippen molar-refractivity contribution in [2.75, 3.05) is 12.8 Å². The molecule has 1 aromatic heterocycles. The van der Waals surface area contributed by atoms with Gasteiger partial charge in [0.25, 0.3) is 5.91 Å². The number of anilines is 1.